The fourth-order valence-electron chi connectivity index (χ4n) is 3.00. The molecule has 1 aromatic heterocycles. The molecule has 0 bridgehead atoms. The van der Waals surface area contributed by atoms with E-state index >= 15 is 0 Å². The number of ether oxygens (including phenoxy) is 2. The quantitative estimate of drug-likeness (QED) is 0.650. The third kappa shape index (κ3) is 3.31. The largest absolute Gasteiger partial charge is 0.507 e. The van der Waals surface area contributed by atoms with E-state index in [2.05, 4.69) is 0 Å². The van der Waals surface area contributed by atoms with E-state index in [9.17, 15) is 14.7 Å². The van der Waals surface area contributed by atoms with Crippen molar-refractivity contribution in [2.24, 2.45) is 0 Å². The number of thioether (sulfide) groups is 1. The van der Waals surface area contributed by atoms with Crippen LogP contribution in [-0.2, 0) is 16.0 Å². The number of benzene rings is 1. The zero-order chi connectivity index (χ0) is 19.1. The van der Waals surface area contributed by atoms with Gasteiger partial charge in [-0.1, -0.05) is 0 Å². The molecule has 1 aliphatic rings. The van der Waals surface area contributed by atoms with E-state index in [0.717, 1.165) is 0 Å². The summed E-state index contributed by atoms with van der Waals surface area (Å²) >= 11 is 1.39. The Bertz CT molecular complexity index is 957. The second-order valence-corrected chi connectivity index (χ2v) is 7.41. The molecule has 1 atom stereocenters. The first-order valence-corrected chi connectivity index (χ1v) is 9.40. The van der Waals surface area contributed by atoms with Crippen LogP contribution in [-0.4, -0.2) is 29.0 Å². The number of aromatic hydroxyl groups is 1. The van der Waals surface area contributed by atoms with E-state index in [1.165, 1.54) is 23.9 Å². The van der Waals surface area contributed by atoms with Gasteiger partial charge in [0.1, 0.15) is 39.9 Å². The number of fused-ring (bicyclic) bond motifs is 2. The first-order valence-electron chi connectivity index (χ1n) is 8.11. The number of carbonyl (C=O) groups is 1. The molecule has 0 fully saturated rings. The number of hydrogen-bond acceptors (Lipinski definition) is 7. The Labute approximate surface area is 154 Å². The molecule has 0 saturated carbocycles. The minimum Gasteiger partial charge on any atom is -0.507 e. The SMILES string of the molecule is CS/C=C\C(=O)O[C@H]1Cc2c(cc3oc(C)cc(=O)c3c2O)OC1(C)C. The molecule has 1 N–H and O–H groups in total. The molecule has 0 spiro atoms. The Morgan fingerprint density at radius 1 is 1.42 bits per heavy atom. The number of phenols is 1. The highest BCUT2D eigenvalue weighted by molar-refractivity contribution is 8.01. The second-order valence-electron chi connectivity index (χ2n) is 6.67. The number of carbonyl (C=O) groups excluding carboxylic acids is 1. The van der Waals surface area contributed by atoms with Gasteiger partial charge < -0.3 is 19.0 Å². The van der Waals surface area contributed by atoms with Crippen LogP contribution in [0.5, 0.6) is 11.5 Å². The molecule has 0 aliphatic carbocycles. The van der Waals surface area contributed by atoms with Gasteiger partial charge in [-0.2, -0.15) is 0 Å². The van der Waals surface area contributed by atoms with E-state index < -0.39 is 17.7 Å². The lowest BCUT2D eigenvalue weighted by Gasteiger charge is -2.39. The average molecular weight is 376 g/mol. The molecule has 0 unspecified atom stereocenters. The summed E-state index contributed by atoms with van der Waals surface area (Å²) in [5.74, 6) is 0.187. The molecule has 2 heterocycles. The van der Waals surface area contributed by atoms with Crippen molar-refractivity contribution >= 4 is 28.7 Å². The highest BCUT2D eigenvalue weighted by atomic mass is 32.2. The van der Waals surface area contributed by atoms with E-state index in [1.54, 1.807) is 32.2 Å². The van der Waals surface area contributed by atoms with Crippen molar-refractivity contribution in [2.75, 3.05) is 6.26 Å². The van der Waals surface area contributed by atoms with Crippen molar-refractivity contribution in [3.8, 4) is 11.5 Å². The van der Waals surface area contributed by atoms with Gasteiger partial charge in [0.2, 0.25) is 0 Å². The molecule has 1 aliphatic heterocycles. The molecule has 6 nitrogen and oxygen atoms in total. The standard InChI is InChI=1S/C19H20O6S/c1-10-7-12(20)17-14(23-10)9-13-11(18(17)22)8-15(19(2,3)25-13)24-16(21)5-6-26-4/h5-7,9,15,22H,8H2,1-4H3/b6-5-/t15-/m0/s1. The summed E-state index contributed by atoms with van der Waals surface area (Å²) in [6.07, 6.45) is 2.80. The van der Waals surface area contributed by atoms with Crippen molar-refractivity contribution in [2.45, 2.75) is 38.9 Å². The maximum Gasteiger partial charge on any atom is 0.331 e. The maximum absolute atomic E-state index is 12.3. The predicted molar refractivity (Wildman–Crippen MR) is 99.8 cm³/mol. The predicted octanol–water partition coefficient (Wildman–Crippen LogP) is 3.31. The van der Waals surface area contributed by atoms with Crippen LogP contribution in [0.1, 0.15) is 25.2 Å². The molecule has 2 aromatic rings. The van der Waals surface area contributed by atoms with Crippen LogP contribution in [0.4, 0.5) is 0 Å². The molecular formula is C19H20O6S. The Morgan fingerprint density at radius 2 is 2.15 bits per heavy atom. The zero-order valence-electron chi connectivity index (χ0n) is 15.0. The van der Waals surface area contributed by atoms with Gasteiger partial charge in [-0.25, -0.2) is 4.79 Å². The Balaban J connectivity index is 2.05. The van der Waals surface area contributed by atoms with Crippen LogP contribution in [0.2, 0.25) is 0 Å². The van der Waals surface area contributed by atoms with Gasteiger partial charge in [0.15, 0.2) is 5.43 Å². The lowest BCUT2D eigenvalue weighted by atomic mass is 9.89. The zero-order valence-corrected chi connectivity index (χ0v) is 15.8. The first kappa shape index (κ1) is 18.4. The van der Waals surface area contributed by atoms with Gasteiger partial charge in [-0.05, 0) is 32.4 Å². The number of esters is 1. The average Bonchev–Trinajstić information content (AvgIpc) is 2.53. The van der Waals surface area contributed by atoms with E-state index in [0.29, 0.717) is 17.1 Å². The van der Waals surface area contributed by atoms with Crippen molar-refractivity contribution in [1.82, 2.24) is 0 Å². The van der Waals surface area contributed by atoms with E-state index in [1.807, 2.05) is 6.26 Å². The molecule has 1 aromatic carbocycles. The van der Waals surface area contributed by atoms with Crippen LogP contribution in [0.15, 0.2) is 32.8 Å². The molecule has 138 valence electrons. The summed E-state index contributed by atoms with van der Waals surface area (Å²) in [6.45, 7) is 5.28. The molecule has 26 heavy (non-hydrogen) atoms. The first-order chi connectivity index (χ1) is 12.2. The van der Waals surface area contributed by atoms with Gasteiger partial charge in [0.05, 0.1) is 0 Å². The molecule has 0 radical (unpaired) electrons. The normalized spacial score (nSPS) is 18.5. The third-order valence-corrected chi connectivity index (χ3v) is 4.73. The molecule has 3 rings (SSSR count). The molecule has 0 amide bonds. The fourth-order valence-corrected chi connectivity index (χ4v) is 3.24. The monoisotopic (exact) mass is 376 g/mol. The summed E-state index contributed by atoms with van der Waals surface area (Å²) < 4.78 is 17.0. The highest BCUT2D eigenvalue weighted by Gasteiger charge is 2.41. The lowest BCUT2D eigenvalue weighted by Crippen LogP contribution is -2.48. The second kappa shape index (κ2) is 6.72. The minimum atomic E-state index is -0.805. The highest BCUT2D eigenvalue weighted by Crippen LogP contribution is 2.42. The maximum atomic E-state index is 12.3. The van der Waals surface area contributed by atoms with Gasteiger partial charge in [0, 0.05) is 30.2 Å². The number of aryl methyl sites for hydroxylation is 1. The Kier molecular flexibility index (Phi) is 4.75. The lowest BCUT2D eigenvalue weighted by molar-refractivity contribution is -0.155. The Morgan fingerprint density at radius 3 is 2.85 bits per heavy atom. The molecular weight excluding hydrogens is 356 g/mol. The Hall–Kier alpha value is -2.41. The minimum absolute atomic E-state index is 0.102. The van der Waals surface area contributed by atoms with E-state index in [-0.39, 0.29) is 28.6 Å². The van der Waals surface area contributed by atoms with Crippen LogP contribution < -0.4 is 10.2 Å². The summed E-state index contributed by atoms with van der Waals surface area (Å²) in [6, 6.07) is 2.93. The van der Waals surface area contributed by atoms with Gasteiger partial charge >= 0.3 is 5.97 Å². The summed E-state index contributed by atoms with van der Waals surface area (Å²) in [5.41, 5.74) is -0.439. The summed E-state index contributed by atoms with van der Waals surface area (Å²) in [7, 11) is 0. The topological polar surface area (TPSA) is 86.0 Å². The molecule has 7 heteroatoms. The summed E-state index contributed by atoms with van der Waals surface area (Å²) in [4.78, 5) is 24.2. The van der Waals surface area contributed by atoms with Crippen molar-refractivity contribution in [3.63, 3.8) is 0 Å². The van der Waals surface area contributed by atoms with Gasteiger partial charge in [-0.3, -0.25) is 4.79 Å². The number of hydrogen-bond donors (Lipinski definition) is 1. The smallest absolute Gasteiger partial charge is 0.331 e. The van der Waals surface area contributed by atoms with Crippen molar-refractivity contribution in [1.29, 1.82) is 0 Å². The van der Waals surface area contributed by atoms with Gasteiger partial charge in [-0.15, -0.1) is 11.8 Å². The number of rotatable bonds is 3. The number of phenolic OH excluding ortho intramolecular Hbond substituents is 1. The van der Waals surface area contributed by atoms with E-state index in [4.69, 9.17) is 13.9 Å². The van der Waals surface area contributed by atoms with Crippen molar-refractivity contribution < 1.29 is 23.8 Å². The van der Waals surface area contributed by atoms with Crippen molar-refractivity contribution in [3.05, 3.63) is 45.2 Å². The summed E-state index contributed by atoms with van der Waals surface area (Å²) in [5, 5.41) is 12.4. The van der Waals surface area contributed by atoms with Crippen LogP contribution in [0, 0.1) is 6.92 Å². The fraction of sp³-hybridized carbons (Fsp3) is 0.368. The third-order valence-electron chi connectivity index (χ3n) is 4.32. The molecule has 0 saturated heterocycles. The van der Waals surface area contributed by atoms with Crippen LogP contribution >= 0.6 is 11.8 Å². The van der Waals surface area contributed by atoms with Crippen LogP contribution in [0.3, 0.4) is 0 Å². The van der Waals surface area contributed by atoms with Crippen LogP contribution in [0.25, 0.3) is 11.0 Å². The van der Waals surface area contributed by atoms with Gasteiger partial charge in [0.25, 0.3) is 0 Å².